The Labute approximate surface area is 134 Å². The van der Waals surface area contributed by atoms with Gasteiger partial charge in [0.1, 0.15) is 5.82 Å². The highest BCUT2D eigenvalue weighted by Crippen LogP contribution is 2.21. The Morgan fingerprint density at radius 1 is 1.13 bits per heavy atom. The first-order chi connectivity index (χ1) is 11.4. The fraction of sp³-hybridized carbons (Fsp3) is 0.312. The summed E-state index contributed by atoms with van der Waals surface area (Å²) in [6, 6.07) is 7.96. The van der Waals surface area contributed by atoms with E-state index in [2.05, 4.69) is 41.8 Å². The van der Waals surface area contributed by atoms with Gasteiger partial charge < -0.3 is 15.5 Å². The molecule has 3 N–H and O–H groups in total. The van der Waals surface area contributed by atoms with E-state index in [0.29, 0.717) is 0 Å². The van der Waals surface area contributed by atoms with E-state index in [1.807, 2.05) is 24.4 Å². The molecule has 3 heterocycles. The van der Waals surface area contributed by atoms with Crippen molar-refractivity contribution in [2.45, 2.75) is 6.42 Å². The number of benzene rings is 1. The minimum absolute atomic E-state index is 0.781. The highest BCUT2D eigenvalue weighted by Gasteiger charge is 2.12. The van der Waals surface area contributed by atoms with Gasteiger partial charge in [0.2, 0.25) is 5.95 Å². The monoisotopic (exact) mass is 309 g/mol. The summed E-state index contributed by atoms with van der Waals surface area (Å²) in [6.45, 7) is 3.94. The van der Waals surface area contributed by atoms with Crippen LogP contribution < -0.4 is 15.5 Å². The number of hydrogen-bond acceptors (Lipinski definition) is 6. The normalized spacial score (nSPS) is 15.6. The molecule has 7 heteroatoms. The van der Waals surface area contributed by atoms with Crippen LogP contribution in [0.2, 0.25) is 0 Å². The van der Waals surface area contributed by atoms with E-state index in [9.17, 15) is 0 Å². The Morgan fingerprint density at radius 2 is 2.13 bits per heavy atom. The Balaban J connectivity index is 1.55. The molecule has 1 aromatic carbocycles. The van der Waals surface area contributed by atoms with Gasteiger partial charge in [0, 0.05) is 36.9 Å². The summed E-state index contributed by atoms with van der Waals surface area (Å²) in [7, 11) is 0. The number of aromatic amines is 1. The average Bonchev–Trinajstić information content (AvgIpc) is 2.87. The van der Waals surface area contributed by atoms with Crippen LogP contribution in [0.3, 0.4) is 0 Å². The maximum absolute atomic E-state index is 4.65. The first-order valence-electron chi connectivity index (χ1n) is 7.87. The second-order valence-corrected chi connectivity index (χ2v) is 5.63. The quantitative estimate of drug-likeness (QED) is 0.685. The van der Waals surface area contributed by atoms with Crippen LogP contribution in [-0.2, 0) is 0 Å². The molecule has 2 aromatic heterocycles. The molecular weight excluding hydrogens is 290 g/mol. The topological polar surface area (TPSA) is 81.8 Å². The van der Waals surface area contributed by atoms with Crippen molar-refractivity contribution >= 4 is 28.4 Å². The van der Waals surface area contributed by atoms with Crippen LogP contribution in [0.15, 0.2) is 36.7 Å². The summed E-state index contributed by atoms with van der Waals surface area (Å²) in [4.78, 5) is 11.3. The first-order valence-corrected chi connectivity index (χ1v) is 7.87. The molecule has 0 bridgehead atoms. The third-order valence-electron chi connectivity index (χ3n) is 3.98. The van der Waals surface area contributed by atoms with Gasteiger partial charge in [-0.25, -0.2) is 4.98 Å². The summed E-state index contributed by atoms with van der Waals surface area (Å²) >= 11 is 0. The standard InChI is InChI=1S/C16H19N7/c1-5-17-7-9-23(8-1)16-18-6-4-15(21-16)20-13-2-3-14-12(10-13)11-19-22-14/h2-4,6,10-11,17H,1,5,7-9H2,(H,19,22)(H,18,20,21). The molecule has 1 saturated heterocycles. The van der Waals surface area contributed by atoms with Crippen LogP contribution in [-0.4, -0.2) is 46.3 Å². The van der Waals surface area contributed by atoms with E-state index in [0.717, 1.165) is 61.0 Å². The molecule has 0 amide bonds. The van der Waals surface area contributed by atoms with Crippen LogP contribution in [0.1, 0.15) is 6.42 Å². The summed E-state index contributed by atoms with van der Waals surface area (Å²) in [5, 5.41) is 14.8. The van der Waals surface area contributed by atoms with Crippen molar-refractivity contribution < 1.29 is 0 Å². The number of aromatic nitrogens is 4. The lowest BCUT2D eigenvalue weighted by Gasteiger charge is -2.20. The number of H-pyrrole nitrogens is 1. The first kappa shape index (κ1) is 14.0. The van der Waals surface area contributed by atoms with Gasteiger partial charge in [-0.1, -0.05) is 0 Å². The van der Waals surface area contributed by atoms with Crippen LogP contribution >= 0.6 is 0 Å². The number of hydrogen-bond donors (Lipinski definition) is 3. The van der Waals surface area contributed by atoms with Crippen LogP contribution in [0.25, 0.3) is 10.9 Å². The smallest absolute Gasteiger partial charge is 0.227 e. The number of fused-ring (bicyclic) bond motifs is 1. The zero-order valence-electron chi connectivity index (χ0n) is 12.8. The molecular formula is C16H19N7. The Kier molecular flexibility index (Phi) is 3.77. The van der Waals surface area contributed by atoms with Crippen LogP contribution in [0.4, 0.5) is 17.5 Å². The number of anilines is 3. The summed E-state index contributed by atoms with van der Waals surface area (Å²) in [5.74, 6) is 1.58. The van der Waals surface area contributed by atoms with Gasteiger partial charge in [-0.2, -0.15) is 10.1 Å². The van der Waals surface area contributed by atoms with E-state index in [4.69, 9.17) is 0 Å². The van der Waals surface area contributed by atoms with E-state index in [1.165, 1.54) is 0 Å². The average molecular weight is 309 g/mol. The van der Waals surface area contributed by atoms with Gasteiger partial charge in [0.15, 0.2) is 0 Å². The Hall–Kier alpha value is -2.67. The molecule has 0 unspecified atom stereocenters. The molecule has 1 aliphatic rings. The van der Waals surface area contributed by atoms with E-state index < -0.39 is 0 Å². The summed E-state index contributed by atoms with van der Waals surface area (Å²) in [5.41, 5.74) is 2.01. The predicted molar refractivity (Wildman–Crippen MR) is 91.1 cm³/mol. The van der Waals surface area contributed by atoms with Gasteiger partial charge in [0.25, 0.3) is 0 Å². The fourth-order valence-electron chi connectivity index (χ4n) is 2.78. The molecule has 0 atom stereocenters. The van der Waals surface area contributed by atoms with Gasteiger partial charge in [0.05, 0.1) is 11.7 Å². The molecule has 23 heavy (non-hydrogen) atoms. The molecule has 118 valence electrons. The van der Waals surface area contributed by atoms with Crippen LogP contribution in [0.5, 0.6) is 0 Å². The molecule has 0 aliphatic carbocycles. The van der Waals surface area contributed by atoms with Crippen molar-refractivity contribution in [2.24, 2.45) is 0 Å². The summed E-state index contributed by atoms with van der Waals surface area (Å²) < 4.78 is 0. The second-order valence-electron chi connectivity index (χ2n) is 5.63. The zero-order chi connectivity index (χ0) is 15.5. The largest absolute Gasteiger partial charge is 0.340 e. The van der Waals surface area contributed by atoms with Crippen molar-refractivity contribution in [2.75, 3.05) is 36.4 Å². The van der Waals surface area contributed by atoms with Crippen molar-refractivity contribution in [3.05, 3.63) is 36.7 Å². The molecule has 7 nitrogen and oxygen atoms in total. The minimum atomic E-state index is 0.781. The molecule has 1 aliphatic heterocycles. The zero-order valence-corrected chi connectivity index (χ0v) is 12.8. The SMILES string of the molecule is c1cc(Nc2ccc3[nH]ncc3c2)nc(N2CCCNCC2)n1. The van der Waals surface area contributed by atoms with E-state index >= 15 is 0 Å². The highest BCUT2D eigenvalue weighted by atomic mass is 15.3. The lowest BCUT2D eigenvalue weighted by molar-refractivity contribution is 0.724. The van der Waals surface area contributed by atoms with Gasteiger partial charge >= 0.3 is 0 Å². The maximum Gasteiger partial charge on any atom is 0.227 e. The lowest BCUT2D eigenvalue weighted by atomic mass is 10.2. The van der Waals surface area contributed by atoms with Crippen molar-refractivity contribution in [3.8, 4) is 0 Å². The third kappa shape index (κ3) is 3.09. The maximum atomic E-state index is 4.65. The lowest BCUT2D eigenvalue weighted by Crippen LogP contribution is -2.29. The van der Waals surface area contributed by atoms with E-state index in [1.54, 1.807) is 6.20 Å². The molecule has 1 fully saturated rings. The number of nitrogens with one attached hydrogen (secondary N) is 3. The van der Waals surface area contributed by atoms with Crippen LogP contribution in [0, 0.1) is 0 Å². The summed E-state index contributed by atoms with van der Waals surface area (Å²) in [6.07, 6.45) is 4.73. The minimum Gasteiger partial charge on any atom is -0.340 e. The van der Waals surface area contributed by atoms with E-state index in [-0.39, 0.29) is 0 Å². The molecule has 4 rings (SSSR count). The van der Waals surface area contributed by atoms with Gasteiger partial charge in [-0.05, 0) is 37.2 Å². The van der Waals surface area contributed by atoms with Crippen molar-refractivity contribution in [1.29, 1.82) is 0 Å². The molecule has 0 radical (unpaired) electrons. The Bertz CT molecular complexity index is 790. The molecule has 3 aromatic rings. The van der Waals surface area contributed by atoms with Gasteiger partial charge in [-0.15, -0.1) is 0 Å². The van der Waals surface area contributed by atoms with Gasteiger partial charge in [-0.3, -0.25) is 5.10 Å². The van der Waals surface area contributed by atoms with Crippen molar-refractivity contribution in [1.82, 2.24) is 25.5 Å². The second kappa shape index (κ2) is 6.21. The third-order valence-corrected chi connectivity index (χ3v) is 3.98. The van der Waals surface area contributed by atoms with Crippen molar-refractivity contribution in [3.63, 3.8) is 0 Å². The molecule has 0 spiro atoms. The fourth-order valence-corrected chi connectivity index (χ4v) is 2.78. The molecule has 0 saturated carbocycles. The number of nitrogens with zero attached hydrogens (tertiary/aromatic N) is 4. The number of rotatable bonds is 3. The predicted octanol–water partition coefficient (Wildman–Crippen LogP) is 1.90. The highest BCUT2D eigenvalue weighted by molar-refractivity contribution is 5.82. The Morgan fingerprint density at radius 3 is 3.13 bits per heavy atom.